The summed E-state index contributed by atoms with van der Waals surface area (Å²) in [6, 6.07) is 8.77. The number of aryl methyl sites for hydroxylation is 1. The smallest absolute Gasteiger partial charge is 0.290 e. The summed E-state index contributed by atoms with van der Waals surface area (Å²) in [7, 11) is 1.54. The highest BCUT2D eigenvalue weighted by molar-refractivity contribution is 6.07. The van der Waals surface area contributed by atoms with E-state index < -0.39 is 24.8 Å². The van der Waals surface area contributed by atoms with Crippen molar-refractivity contribution in [1.82, 2.24) is 24.3 Å². The second-order valence-electron chi connectivity index (χ2n) is 8.29. The van der Waals surface area contributed by atoms with Gasteiger partial charge in [-0.1, -0.05) is 12.1 Å². The van der Waals surface area contributed by atoms with E-state index in [9.17, 15) is 22.8 Å². The van der Waals surface area contributed by atoms with Gasteiger partial charge in [0.1, 0.15) is 12.1 Å². The first-order valence-corrected chi connectivity index (χ1v) is 10.9. The number of amides is 2. The van der Waals surface area contributed by atoms with Crippen molar-refractivity contribution in [3.05, 3.63) is 83.4 Å². The maximum Gasteiger partial charge on any atom is 0.411 e. The number of alkyl halides is 3. The van der Waals surface area contributed by atoms with Crippen molar-refractivity contribution in [2.24, 2.45) is 7.05 Å². The lowest BCUT2D eigenvalue weighted by Crippen LogP contribution is -2.45. The first kappa shape index (κ1) is 23.3. The van der Waals surface area contributed by atoms with Crippen LogP contribution in [0.2, 0.25) is 0 Å². The summed E-state index contributed by atoms with van der Waals surface area (Å²) in [6.45, 7) is 1.05. The molecule has 1 fully saturated rings. The van der Waals surface area contributed by atoms with Crippen molar-refractivity contribution in [2.75, 3.05) is 16.3 Å². The van der Waals surface area contributed by atoms with Crippen LogP contribution in [0.5, 0.6) is 0 Å². The third kappa shape index (κ3) is 3.89. The molecule has 2 amide bonds. The van der Waals surface area contributed by atoms with Gasteiger partial charge in [0.2, 0.25) is 0 Å². The summed E-state index contributed by atoms with van der Waals surface area (Å²) < 4.78 is 44.7. The number of aromatic nitrogens is 5. The van der Waals surface area contributed by atoms with Crippen LogP contribution in [0.4, 0.5) is 29.5 Å². The van der Waals surface area contributed by atoms with Gasteiger partial charge in [0.05, 0.1) is 24.1 Å². The molecule has 1 saturated heterocycles. The van der Waals surface area contributed by atoms with Crippen LogP contribution in [-0.2, 0) is 7.05 Å². The molecule has 0 aliphatic carbocycles. The van der Waals surface area contributed by atoms with E-state index in [4.69, 9.17) is 0 Å². The van der Waals surface area contributed by atoms with Crippen molar-refractivity contribution in [2.45, 2.75) is 19.1 Å². The van der Waals surface area contributed by atoms with Crippen LogP contribution in [0.15, 0.2) is 72.2 Å². The molecule has 0 spiro atoms. The fraction of sp³-hybridized carbons (Fsp3) is 0.208. The van der Waals surface area contributed by atoms with E-state index in [1.165, 1.54) is 40.2 Å². The number of carbonyl (C=O) groups is 1. The second-order valence-corrected chi connectivity index (χ2v) is 8.29. The lowest BCUT2D eigenvalue weighted by Gasteiger charge is -2.26. The Labute approximate surface area is 203 Å². The Morgan fingerprint density at radius 1 is 1.00 bits per heavy atom. The molecule has 4 aromatic rings. The van der Waals surface area contributed by atoms with Gasteiger partial charge in [0.15, 0.2) is 6.04 Å². The number of nitrogens with zero attached hydrogens (tertiary/aromatic N) is 7. The fourth-order valence-electron chi connectivity index (χ4n) is 4.26. The maximum atomic E-state index is 14.1. The number of urea groups is 1. The van der Waals surface area contributed by atoms with E-state index in [2.05, 4.69) is 15.1 Å². The van der Waals surface area contributed by atoms with E-state index >= 15 is 0 Å². The highest BCUT2D eigenvalue weighted by atomic mass is 19.4. The zero-order valence-corrected chi connectivity index (χ0v) is 19.2. The van der Waals surface area contributed by atoms with Gasteiger partial charge in [0.25, 0.3) is 0 Å². The van der Waals surface area contributed by atoms with Gasteiger partial charge in [-0.15, -0.1) is 0 Å². The third-order valence-electron chi connectivity index (χ3n) is 6.12. The van der Waals surface area contributed by atoms with Gasteiger partial charge in [0, 0.05) is 19.4 Å². The minimum atomic E-state index is -4.67. The number of halogens is 3. The van der Waals surface area contributed by atoms with Crippen LogP contribution < -0.4 is 15.5 Å². The van der Waals surface area contributed by atoms with Crippen molar-refractivity contribution in [3.63, 3.8) is 0 Å². The van der Waals surface area contributed by atoms with Gasteiger partial charge in [-0.05, 0) is 53.9 Å². The Bertz CT molecular complexity index is 1480. The topological polar surface area (TPSA) is 89.2 Å². The molecule has 1 atom stereocenters. The van der Waals surface area contributed by atoms with Crippen molar-refractivity contribution in [3.8, 4) is 16.8 Å². The normalized spacial score (nSPS) is 16.1. The van der Waals surface area contributed by atoms with Gasteiger partial charge < -0.3 is 0 Å². The van der Waals surface area contributed by atoms with Crippen LogP contribution in [0.25, 0.3) is 16.8 Å². The molecule has 1 aromatic carbocycles. The highest BCUT2D eigenvalue weighted by Crippen LogP contribution is 2.39. The number of hydrogen-bond donors (Lipinski definition) is 0. The number of anilines is 2. The number of rotatable bonds is 4. The van der Waals surface area contributed by atoms with Crippen molar-refractivity contribution < 1.29 is 18.0 Å². The van der Waals surface area contributed by atoms with E-state index in [1.807, 2.05) is 0 Å². The largest absolute Gasteiger partial charge is 0.411 e. The highest BCUT2D eigenvalue weighted by Gasteiger charge is 2.54. The molecule has 0 saturated carbocycles. The Hall–Kier alpha value is -4.48. The average molecular weight is 495 g/mol. The summed E-state index contributed by atoms with van der Waals surface area (Å²) in [5, 5.41) is 3.93. The zero-order chi connectivity index (χ0) is 25.6. The summed E-state index contributed by atoms with van der Waals surface area (Å²) in [5.41, 5.74) is 2.26. The molecule has 4 heterocycles. The Morgan fingerprint density at radius 3 is 2.36 bits per heavy atom. The molecule has 9 nitrogen and oxygen atoms in total. The molecule has 36 heavy (non-hydrogen) atoms. The van der Waals surface area contributed by atoms with Crippen LogP contribution >= 0.6 is 0 Å². The first-order chi connectivity index (χ1) is 17.2. The van der Waals surface area contributed by atoms with Crippen molar-refractivity contribution in [1.29, 1.82) is 0 Å². The monoisotopic (exact) mass is 495 g/mol. The molecule has 0 bridgehead atoms. The Balaban J connectivity index is 1.53. The lowest BCUT2D eigenvalue weighted by molar-refractivity contribution is -0.142. The summed E-state index contributed by atoms with van der Waals surface area (Å²) >= 11 is 0. The molecule has 1 aliphatic heterocycles. The number of carbonyl (C=O) groups excluding carboxylic acids is 1. The Kier molecular flexibility index (Phi) is 5.58. The molecule has 0 radical (unpaired) electrons. The van der Waals surface area contributed by atoms with E-state index in [1.54, 1.807) is 50.4 Å². The predicted octanol–water partition coefficient (Wildman–Crippen LogP) is 3.71. The number of hydrogen-bond acceptors (Lipinski definition) is 5. The van der Waals surface area contributed by atoms with Gasteiger partial charge in [-0.25, -0.2) is 23.8 Å². The zero-order valence-electron chi connectivity index (χ0n) is 19.2. The molecular formula is C24H20F3N7O2. The molecule has 1 aliphatic rings. The standard InChI is InChI=1S/C24H20F3N7O2/c1-15-19(16-5-7-17(8-6-16)33-14-30-31(2)22(33)35)9-11-29-21(15)34-20(24(25,26)27)13-32(23(34)36)18-4-3-10-28-12-18/h3-12,14,20H,13H2,1-2H3. The SMILES string of the molecule is Cc1c(-c2ccc(-n3cnn(C)c3=O)cc2)ccnc1N1C(=O)N(c2cccnc2)CC1C(F)(F)F. The van der Waals surface area contributed by atoms with Crippen LogP contribution in [0.1, 0.15) is 5.56 Å². The summed E-state index contributed by atoms with van der Waals surface area (Å²) in [5.74, 6) is -0.0706. The molecule has 184 valence electrons. The molecule has 5 rings (SSSR count). The number of pyridine rings is 2. The third-order valence-corrected chi connectivity index (χ3v) is 6.12. The molecule has 0 N–H and O–H groups in total. The van der Waals surface area contributed by atoms with Crippen LogP contribution in [0, 0.1) is 6.92 Å². The first-order valence-electron chi connectivity index (χ1n) is 10.9. The van der Waals surface area contributed by atoms with E-state index in [-0.39, 0.29) is 17.2 Å². The molecule has 1 unspecified atom stereocenters. The fourth-order valence-corrected chi connectivity index (χ4v) is 4.26. The minimum absolute atomic E-state index is 0.0706. The van der Waals surface area contributed by atoms with Crippen molar-refractivity contribution >= 4 is 17.5 Å². The lowest BCUT2D eigenvalue weighted by atomic mass is 10.0. The average Bonchev–Trinajstić information content (AvgIpc) is 3.39. The van der Waals surface area contributed by atoms with E-state index in [0.717, 1.165) is 4.90 Å². The quantitative estimate of drug-likeness (QED) is 0.431. The van der Waals surface area contributed by atoms with Gasteiger partial charge in [-0.2, -0.15) is 18.3 Å². The molecule has 3 aromatic heterocycles. The maximum absolute atomic E-state index is 14.1. The van der Waals surface area contributed by atoms with Crippen LogP contribution in [0.3, 0.4) is 0 Å². The summed E-state index contributed by atoms with van der Waals surface area (Å²) in [6.07, 6.45) is 0.937. The molecule has 12 heteroatoms. The predicted molar refractivity (Wildman–Crippen MR) is 126 cm³/mol. The van der Waals surface area contributed by atoms with E-state index in [0.29, 0.717) is 27.3 Å². The Morgan fingerprint density at radius 2 is 1.75 bits per heavy atom. The molecular weight excluding hydrogens is 475 g/mol. The number of benzene rings is 1. The van der Waals surface area contributed by atoms with Crippen LogP contribution in [-0.4, -0.2) is 49.1 Å². The summed E-state index contributed by atoms with van der Waals surface area (Å²) in [4.78, 5) is 35.3. The van der Waals surface area contributed by atoms with Gasteiger partial charge in [-0.3, -0.25) is 14.8 Å². The van der Waals surface area contributed by atoms with Gasteiger partial charge >= 0.3 is 17.9 Å². The second kappa shape index (κ2) is 8.63. The minimum Gasteiger partial charge on any atom is -0.290 e.